The van der Waals surface area contributed by atoms with Crippen molar-refractivity contribution >= 4 is 99.1 Å². The summed E-state index contributed by atoms with van der Waals surface area (Å²) in [4.78, 5) is 2.55. The first kappa shape index (κ1) is 28.1. The van der Waals surface area contributed by atoms with E-state index in [4.69, 9.17) is 0 Å². The van der Waals surface area contributed by atoms with Crippen LogP contribution in [0.15, 0.2) is 131 Å². The topological polar surface area (TPSA) is 0 Å². The van der Waals surface area contributed by atoms with E-state index in [9.17, 15) is 0 Å². The van der Waals surface area contributed by atoms with Crippen molar-refractivity contribution in [1.29, 1.82) is 0 Å². The smallest absolute Gasteiger partial charge is 0.0366 e. The predicted octanol–water partition coefficient (Wildman–Crippen LogP) is 13.5. The molecule has 0 aliphatic heterocycles. The van der Waals surface area contributed by atoms with Gasteiger partial charge in [0.15, 0.2) is 0 Å². The van der Waals surface area contributed by atoms with Crippen molar-refractivity contribution in [1.82, 2.24) is 0 Å². The third kappa shape index (κ3) is 5.87. The molecular formula is C42H30S3. The first-order valence-electron chi connectivity index (χ1n) is 15.1. The van der Waals surface area contributed by atoms with Crippen molar-refractivity contribution in [2.75, 3.05) is 0 Å². The Balaban J connectivity index is 1.03. The van der Waals surface area contributed by atoms with Crippen LogP contribution >= 0.6 is 34.4 Å². The highest BCUT2D eigenvalue weighted by Crippen LogP contribution is 2.41. The third-order valence-corrected chi connectivity index (χ3v) is 11.5. The fourth-order valence-corrected chi connectivity index (χ4v) is 9.19. The van der Waals surface area contributed by atoms with Gasteiger partial charge >= 0.3 is 0 Å². The van der Waals surface area contributed by atoms with Gasteiger partial charge in [0.25, 0.3) is 0 Å². The molecule has 6 aromatic carbocycles. The first-order chi connectivity index (χ1) is 22.0. The lowest BCUT2D eigenvalue weighted by atomic mass is 10.1. The Labute approximate surface area is 276 Å². The van der Waals surface area contributed by atoms with Crippen LogP contribution in [0.2, 0.25) is 0 Å². The molecule has 3 heteroatoms. The molecule has 216 valence electrons. The van der Waals surface area contributed by atoms with Gasteiger partial charge in [-0.05, 0) is 72.5 Å². The Morgan fingerprint density at radius 1 is 0.378 bits per heavy atom. The Kier molecular flexibility index (Phi) is 7.39. The van der Waals surface area contributed by atoms with E-state index in [1.165, 1.54) is 83.5 Å². The van der Waals surface area contributed by atoms with Gasteiger partial charge in [-0.1, -0.05) is 132 Å². The molecule has 0 bridgehead atoms. The zero-order valence-electron chi connectivity index (χ0n) is 25.1. The molecule has 8 rings (SSSR count). The maximum Gasteiger partial charge on any atom is 0.0366 e. The highest BCUT2D eigenvalue weighted by Gasteiger charge is 2.10. The van der Waals surface area contributed by atoms with Crippen LogP contribution in [0.25, 0.3) is 64.6 Å². The number of thiophene rings is 2. The Morgan fingerprint density at radius 2 is 0.711 bits per heavy atom. The molecule has 2 heterocycles. The van der Waals surface area contributed by atoms with E-state index >= 15 is 0 Å². The molecule has 0 fully saturated rings. The molecular weight excluding hydrogens is 601 g/mol. The molecule has 0 spiro atoms. The first-order valence-corrected chi connectivity index (χ1v) is 17.6. The lowest BCUT2D eigenvalue weighted by Crippen LogP contribution is -1.76. The summed E-state index contributed by atoms with van der Waals surface area (Å²) < 4.78 is 5.34. The van der Waals surface area contributed by atoms with E-state index in [1.54, 1.807) is 0 Å². The number of benzene rings is 6. The Bertz CT molecular complexity index is 2230. The summed E-state index contributed by atoms with van der Waals surface area (Å²) in [6.07, 6.45) is 8.81. The number of fused-ring (bicyclic) bond motifs is 6. The number of hydrogen-bond acceptors (Lipinski definition) is 3. The van der Waals surface area contributed by atoms with Gasteiger partial charge in [0, 0.05) is 50.1 Å². The molecule has 0 unspecified atom stereocenters. The zero-order valence-corrected chi connectivity index (χ0v) is 27.5. The van der Waals surface area contributed by atoms with Crippen molar-refractivity contribution in [2.24, 2.45) is 0 Å². The molecule has 0 atom stereocenters. The van der Waals surface area contributed by atoms with Crippen LogP contribution in [-0.4, -0.2) is 0 Å². The molecule has 0 aliphatic rings. The minimum Gasteiger partial charge on any atom is -0.135 e. The van der Waals surface area contributed by atoms with E-state index in [1.807, 2.05) is 34.4 Å². The van der Waals surface area contributed by atoms with E-state index in [2.05, 4.69) is 159 Å². The van der Waals surface area contributed by atoms with Crippen molar-refractivity contribution < 1.29 is 0 Å². The zero-order chi connectivity index (χ0) is 30.3. The van der Waals surface area contributed by atoms with Crippen molar-refractivity contribution in [3.8, 4) is 0 Å². The normalized spacial score (nSPS) is 12.1. The molecule has 0 saturated carbocycles. The van der Waals surface area contributed by atoms with Crippen LogP contribution in [0.5, 0.6) is 0 Å². The average Bonchev–Trinajstić information content (AvgIpc) is 3.60. The summed E-state index contributed by atoms with van der Waals surface area (Å²) in [6.45, 7) is 4.25. The summed E-state index contributed by atoms with van der Waals surface area (Å²) >= 11 is 5.61. The second kappa shape index (κ2) is 11.8. The quantitative estimate of drug-likeness (QED) is 0.165. The number of aryl methyl sites for hydroxylation is 2. The van der Waals surface area contributed by atoms with Gasteiger partial charge in [-0.25, -0.2) is 0 Å². The molecule has 0 amide bonds. The lowest BCUT2D eigenvalue weighted by Gasteiger charge is -2.03. The standard InChI is InChI=1S/C42H30S3/c1-27-3-7-29(8-4-27)11-13-31-15-19-35-37-21-17-33(25-41(37)44-39(35)23-31)43-34-18-22-38-36-20-16-32(24-40(36)45-42(38)26-34)14-12-30-9-5-28(2)6-10-30/h3-26H,1-2H3. The fraction of sp³-hybridized carbons (Fsp3) is 0.0476. The summed E-state index contributed by atoms with van der Waals surface area (Å²) in [7, 11) is 0. The molecule has 0 nitrogen and oxygen atoms in total. The maximum absolute atomic E-state index is 2.36. The van der Waals surface area contributed by atoms with Gasteiger partial charge in [0.1, 0.15) is 0 Å². The van der Waals surface area contributed by atoms with Gasteiger partial charge in [-0.3, -0.25) is 0 Å². The summed E-state index contributed by atoms with van der Waals surface area (Å²) in [5.41, 5.74) is 7.49. The van der Waals surface area contributed by atoms with Crippen LogP contribution in [0, 0.1) is 13.8 Å². The van der Waals surface area contributed by atoms with Crippen LogP contribution in [-0.2, 0) is 0 Å². The van der Waals surface area contributed by atoms with E-state index < -0.39 is 0 Å². The third-order valence-electron chi connectivity index (χ3n) is 8.26. The molecule has 45 heavy (non-hydrogen) atoms. The fourth-order valence-electron chi connectivity index (χ4n) is 5.76. The van der Waals surface area contributed by atoms with Crippen LogP contribution in [0.3, 0.4) is 0 Å². The second-order valence-electron chi connectivity index (χ2n) is 11.6. The van der Waals surface area contributed by atoms with Crippen LogP contribution in [0.4, 0.5) is 0 Å². The van der Waals surface area contributed by atoms with Gasteiger partial charge in [0.05, 0.1) is 0 Å². The van der Waals surface area contributed by atoms with Crippen molar-refractivity contribution in [2.45, 2.75) is 23.6 Å². The summed E-state index contributed by atoms with van der Waals surface area (Å²) in [6, 6.07) is 44.8. The van der Waals surface area contributed by atoms with Gasteiger partial charge < -0.3 is 0 Å². The monoisotopic (exact) mass is 630 g/mol. The molecule has 8 aromatic rings. The largest absolute Gasteiger partial charge is 0.135 e. The molecule has 0 N–H and O–H groups in total. The number of rotatable bonds is 6. The SMILES string of the molecule is Cc1ccc(C=Cc2ccc3c(c2)sc2cc(Sc4ccc5c(c4)sc4cc(C=Cc6ccc(C)cc6)ccc45)ccc23)cc1. The van der Waals surface area contributed by atoms with Gasteiger partial charge in [-0.15, -0.1) is 22.7 Å². The highest BCUT2D eigenvalue weighted by atomic mass is 32.2. The minimum atomic E-state index is 1.23. The summed E-state index contributed by atoms with van der Waals surface area (Å²) in [5, 5.41) is 5.33. The van der Waals surface area contributed by atoms with Crippen molar-refractivity contribution in [3.05, 3.63) is 155 Å². The van der Waals surface area contributed by atoms with Crippen LogP contribution < -0.4 is 0 Å². The van der Waals surface area contributed by atoms with E-state index in [0.717, 1.165) is 0 Å². The summed E-state index contributed by atoms with van der Waals surface area (Å²) in [5.74, 6) is 0. The van der Waals surface area contributed by atoms with Gasteiger partial charge in [0.2, 0.25) is 0 Å². The van der Waals surface area contributed by atoms with Gasteiger partial charge in [-0.2, -0.15) is 0 Å². The van der Waals surface area contributed by atoms with E-state index in [-0.39, 0.29) is 0 Å². The maximum atomic E-state index is 2.36. The van der Waals surface area contributed by atoms with E-state index in [0.29, 0.717) is 0 Å². The molecule has 2 aromatic heterocycles. The Morgan fingerprint density at radius 3 is 1.13 bits per heavy atom. The molecule has 0 saturated heterocycles. The Hall–Kier alpha value is -4.41. The minimum absolute atomic E-state index is 1.23. The predicted molar refractivity (Wildman–Crippen MR) is 203 cm³/mol. The molecule has 0 aliphatic carbocycles. The van der Waals surface area contributed by atoms with Crippen molar-refractivity contribution in [3.63, 3.8) is 0 Å². The number of hydrogen-bond donors (Lipinski definition) is 0. The van der Waals surface area contributed by atoms with Crippen LogP contribution in [0.1, 0.15) is 33.4 Å². The highest BCUT2D eigenvalue weighted by molar-refractivity contribution is 7.99. The lowest BCUT2D eigenvalue weighted by molar-refractivity contribution is 1.46. The second-order valence-corrected chi connectivity index (χ2v) is 14.9. The average molecular weight is 631 g/mol. The molecule has 0 radical (unpaired) electrons.